The van der Waals surface area contributed by atoms with Gasteiger partial charge in [0.05, 0.1) is 5.69 Å². The third kappa shape index (κ3) is 5.60. The molecule has 4 nitrogen and oxygen atoms in total. The van der Waals surface area contributed by atoms with Crippen LogP contribution < -0.4 is 5.32 Å². The largest absolute Gasteiger partial charge is 0.507 e. The van der Waals surface area contributed by atoms with Gasteiger partial charge in [0.1, 0.15) is 17.4 Å². The molecule has 2 rings (SSSR count). The highest BCUT2D eigenvalue weighted by Crippen LogP contribution is 2.40. The monoisotopic (exact) mass is 502 g/mol. The van der Waals surface area contributed by atoms with Crippen LogP contribution in [0.2, 0.25) is 0 Å². The number of benzene rings is 2. The summed E-state index contributed by atoms with van der Waals surface area (Å²) in [6, 6.07) is 13.1. The van der Waals surface area contributed by atoms with Crippen LogP contribution in [-0.4, -0.2) is 11.0 Å². The summed E-state index contributed by atoms with van der Waals surface area (Å²) >= 11 is 2.14. The Balaban J connectivity index is 2.54. The highest BCUT2D eigenvalue weighted by molar-refractivity contribution is 14.1. The molecule has 0 aromatic heterocycles. The van der Waals surface area contributed by atoms with Gasteiger partial charge in [-0.1, -0.05) is 53.7 Å². The second kappa shape index (κ2) is 8.58. The molecule has 0 fully saturated rings. The molecule has 0 spiro atoms. The van der Waals surface area contributed by atoms with Gasteiger partial charge in [0.15, 0.2) is 0 Å². The normalized spacial score (nSPS) is 12.4. The topological polar surface area (TPSA) is 73.1 Å². The van der Waals surface area contributed by atoms with E-state index in [0.717, 1.165) is 14.7 Å². The van der Waals surface area contributed by atoms with Gasteiger partial charge in [-0.25, -0.2) is 0 Å². The number of nitrogens with one attached hydrogen (secondary N) is 1. The molecule has 0 heterocycles. The Hall–Kier alpha value is -2.33. The second-order valence-corrected chi connectivity index (χ2v) is 10.2. The van der Waals surface area contributed by atoms with Crippen LogP contribution in [0.4, 0.5) is 5.69 Å². The molecule has 2 N–H and O–H groups in total. The summed E-state index contributed by atoms with van der Waals surface area (Å²) in [5, 5.41) is 23.2. The number of amides is 1. The predicted molar refractivity (Wildman–Crippen MR) is 127 cm³/mol. The molecule has 1 amide bonds. The quantitative estimate of drug-likeness (QED) is 0.301. The van der Waals surface area contributed by atoms with Crippen LogP contribution in [0.25, 0.3) is 6.08 Å². The maximum absolute atomic E-state index is 12.7. The Morgan fingerprint density at radius 3 is 2.03 bits per heavy atom. The minimum atomic E-state index is -0.459. The van der Waals surface area contributed by atoms with Crippen molar-refractivity contribution >= 4 is 40.3 Å². The van der Waals surface area contributed by atoms with Crippen molar-refractivity contribution in [3.05, 3.63) is 62.2 Å². The summed E-state index contributed by atoms with van der Waals surface area (Å²) < 4.78 is 0.894. The number of halogens is 1. The van der Waals surface area contributed by atoms with Gasteiger partial charge in [-0.2, -0.15) is 5.26 Å². The fourth-order valence-electron chi connectivity index (χ4n) is 2.95. The smallest absolute Gasteiger partial charge is 0.266 e. The molecule has 0 atom stereocenters. The van der Waals surface area contributed by atoms with Gasteiger partial charge in [-0.15, -0.1) is 0 Å². The SMILES string of the molecule is CC(C)(C)c1cc(/C=C(\C#N)C(=O)Nc2ccccc2I)cc(C(C)(C)C)c1O. The number of hydrogen-bond acceptors (Lipinski definition) is 3. The van der Waals surface area contributed by atoms with Crippen molar-refractivity contribution in [3.63, 3.8) is 0 Å². The van der Waals surface area contributed by atoms with E-state index >= 15 is 0 Å². The van der Waals surface area contributed by atoms with Crippen LogP contribution >= 0.6 is 22.6 Å². The molecule has 0 radical (unpaired) electrons. The number of carbonyl (C=O) groups excluding carboxylic acids is 1. The van der Waals surface area contributed by atoms with Gasteiger partial charge in [0.2, 0.25) is 0 Å². The van der Waals surface area contributed by atoms with Crippen molar-refractivity contribution in [2.24, 2.45) is 0 Å². The Kier molecular flexibility index (Phi) is 6.79. The molecule has 152 valence electrons. The Morgan fingerprint density at radius 1 is 1.07 bits per heavy atom. The lowest BCUT2D eigenvalue weighted by atomic mass is 9.78. The molecule has 0 saturated heterocycles. The van der Waals surface area contributed by atoms with E-state index < -0.39 is 5.91 Å². The van der Waals surface area contributed by atoms with Crippen molar-refractivity contribution in [3.8, 4) is 11.8 Å². The van der Waals surface area contributed by atoms with E-state index in [1.54, 1.807) is 12.1 Å². The molecular weight excluding hydrogens is 475 g/mol. The number of rotatable bonds is 3. The first-order chi connectivity index (χ1) is 13.3. The van der Waals surface area contributed by atoms with Crippen LogP contribution in [0.3, 0.4) is 0 Å². The standard InChI is InChI=1S/C24H27IN2O2/c1-23(2,3)17-12-15(13-18(21(17)28)24(4,5)6)11-16(14-26)22(29)27-20-10-8-7-9-19(20)25/h7-13,28H,1-6H3,(H,27,29)/b16-11+. The molecule has 2 aromatic rings. The number of phenolic OH excluding ortho intramolecular Hbond substituents is 1. The molecular formula is C24H27IN2O2. The molecule has 0 bridgehead atoms. The molecule has 29 heavy (non-hydrogen) atoms. The maximum atomic E-state index is 12.7. The van der Waals surface area contributed by atoms with Gasteiger partial charge in [-0.3, -0.25) is 4.79 Å². The molecule has 5 heteroatoms. The number of phenols is 1. The summed E-state index contributed by atoms with van der Waals surface area (Å²) in [6.45, 7) is 12.2. The van der Waals surface area contributed by atoms with Gasteiger partial charge in [-0.05, 0) is 69.3 Å². The van der Waals surface area contributed by atoms with E-state index in [1.165, 1.54) is 0 Å². The van der Waals surface area contributed by atoms with Gasteiger partial charge < -0.3 is 10.4 Å². The van der Waals surface area contributed by atoms with Crippen LogP contribution in [0.1, 0.15) is 58.2 Å². The van der Waals surface area contributed by atoms with Crippen molar-refractivity contribution in [1.82, 2.24) is 0 Å². The van der Waals surface area contributed by atoms with Crippen LogP contribution in [0.15, 0.2) is 42.0 Å². The van der Waals surface area contributed by atoms with Crippen molar-refractivity contribution < 1.29 is 9.90 Å². The zero-order valence-corrected chi connectivity index (χ0v) is 19.9. The van der Waals surface area contributed by atoms with Gasteiger partial charge >= 0.3 is 0 Å². The van der Waals surface area contributed by atoms with Crippen molar-refractivity contribution in [2.45, 2.75) is 52.4 Å². The number of anilines is 1. The molecule has 0 unspecified atom stereocenters. The highest BCUT2D eigenvalue weighted by atomic mass is 127. The average Bonchev–Trinajstić information content (AvgIpc) is 2.60. The lowest BCUT2D eigenvalue weighted by Gasteiger charge is -2.28. The fourth-order valence-corrected chi connectivity index (χ4v) is 3.47. The molecule has 0 saturated carbocycles. The van der Waals surface area contributed by atoms with E-state index in [-0.39, 0.29) is 22.2 Å². The summed E-state index contributed by atoms with van der Waals surface area (Å²) in [4.78, 5) is 12.7. The predicted octanol–water partition coefficient (Wildman–Crippen LogP) is 6.14. The minimum Gasteiger partial charge on any atom is -0.507 e. The Morgan fingerprint density at radius 2 is 1.59 bits per heavy atom. The fraction of sp³-hybridized carbons (Fsp3) is 0.333. The first kappa shape index (κ1) is 23.0. The van der Waals surface area contributed by atoms with Gasteiger partial charge in [0, 0.05) is 14.7 Å². The molecule has 0 aliphatic carbocycles. The number of para-hydroxylation sites is 1. The van der Waals surface area contributed by atoms with Crippen LogP contribution in [0, 0.1) is 14.9 Å². The summed E-state index contributed by atoms with van der Waals surface area (Å²) in [7, 11) is 0. The van der Waals surface area contributed by atoms with E-state index in [9.17, 15) is 15.2 Å². The van der Waals surface area contributed by atoms with Crippen molar-refractivity contribution in [1.29, 1.82) is 5.26 Å². The third-order valence-electron chi connectivity index (χ3n) is 4.55. The number of nitrogens with zero attached hydrogens (tertiary/aromatic N) is 1. The van der Waals surface area contributed by atoms with E-state index in [4.69, 9.17) is 0 Å². The first-order valence-electron chi connectivity index (χ1n) is 9.40. The minimum absolute atomic E-state index is 0.00932. The number of hydrogen-bond donors (Lipinski definition) is 2. The summed E-state index contributed by atoms with van der Waals surface area (Å²) in [5.74, 6) is -0.191. The zero-order valence-electron chi connectivity index (χ0n) is 17.7. The summed E-state index contributed by atoms with van der Waals surface area (Å²) in [5.41, 5.74) is 2.38. The first-order valence-corrected chi connectivity index (χ1v) is 10.5. The van der Waals surface area contributed by atoms with Gasteiger partial charge in [0.25, 0.3) is 5.91 Å². The third-order valence-corrected chi connectivity index (χ3v) is 5.49. The number of aromatic hydroxyl groups is 1. The molecule has 0 aliphatic rings. The van der Waals surface area contributed by atoms with Crippen LogP contribution in [0.5, 0.6) is 5.75 Å². The Labute approximate surface area is 186 Å². The second-order valence-electron chi connectivity index (χ2n) is 9.07. The highest BCUT2D eigenvalue weighted by Gasteiger charge is 2.26. The summed E-state index contributed by atoms with van der Waals surface area (Å²) in [6.07, 6.45) is 1.58. The van der Waals surface area contributed by atoms with E-state index in [0.29, 0.717) is 11.3 Å². The zero-order chi connectivity index (χ0) is 22.0. The average molecular weight is 502 g/mol. The van der Waals surface area contributed by atoms with E-state index in [2.05, 4.69) is 27.9 Å². The number of nitriles is 1. The molecule has 2 aromatic carbocycles. The van der Waals surface area contributed by atoms with Crippen molar-refractivity contribution in [2.75, 3.05) is 5.32 Å². The Bertz CT molecular complexity index is 968. The van der Waals surface area contributed by atoms with E-state index in [1.807, 2.05) is 77.9 Å². The van der Waals surface area contributed by atoms with Crippen LogP contribution in [-0.2, 0) is 15.6 Å². The lowest BCUT2D eigenvalue weighted by molar-refractivity contribution is -0.112. The lowest BCUT2D eigenvalue weighted by Crippen LogP contribution is -2.18. The maximum Gasteiger partial charge on any atom is 0.266 e. The number of carbonyl (C=O) groups is 1. The molecule has 0 aliphatic heterocycles.